The Bertz CT molecular complexity index is 787. The Morgan fingerprint density at radius 2 is 2.12 bits per heavy atom. The second-order valence-corrected chi connectivity index (χ2v) is 5.72. The highest BCUT2D eigenvalue weighted by molar-refractivity contribution is 6.05. The van der Waals surface area contributed by atoms with Crippen LogP contribution in [0, 0.1) is 12.7 Å². The molecule has 2 N–H and O–H groups in total. The molecular weight excluding hydrogens is 315 g/mol. The van der Waals surface area contributed by atoms with Gasteiger partial charge < -0.3 is 19.8 Å². The number of cyclic esters (lactones) is 1. The number of halogens is 1. The summed E-state index contributed by atoms with van der Waals surface area (Å²) in [5.41, 5.74) is 0.873. The Kier molecular flexibility index (Phi) is 4.24. The van der Waals surface area contributed by atoms with Crippen LogP contribution in [0.2, 0.25) is 0 Å². The smallest absolute Gasteiger partial charge is 0.328 e. The Labute approximate surface area is 138 Å². The molecule has 0 saturated carbocycles. The van der Waals surface area contributed by atoms with Gasteiger partial charge in [-0.15, -0.1) is 0 Å². The molecule has 0 aliphatic carbocycles. The lowest BCUT2D eigenvalue weighted by Crippen LogP contribution is -2.24. The summed E-state index contributed by atoms with van der Waals surface area (Å²) in [5, 5.41) is 5.51. The number of aryl methyl sites for hydroxylation is 1. The maximum absolute atomic E-state index is 14.0. The fraction of sp³-hybridized carbons (Fsp3) is 0.294. The van der Waals surface area contributed by atoms with Crippen LogP contribution in [0.4, 0.5) is 15.8 Å². The van der Waals surface area contributed by atoms with Crippen LogP contribution < -0.4 is 10.6 Å². The summed E-state index contributed by atoms with van der Waals surface area (Å²) in [7, 11) is 0. The Hall–Kier alpha value is -2.83. The largest absolute Gasteiger partial charge is 0.469 e. The van der Waals surface area contributed by atoms with Crippen molar-refractivity contribution in [2.24, 2.45) is 0 Å². The number of esters is 1. The summed E-state index contributed by atoms with van der Waals surface area (Å²) in [6.07, 6.45) is 1.77. The lowest BCUT2D eigenvalue weighted by atomic mass is 10.1. The van der Waals surface area contributed by atoms with Gasteiger partial charge in [0.2, 0.25) is 0 Å². The number of carbonyl (C=O) groups excluding carboxylic acids is 2. The number of rotatable bonds is 4. The van der Waals surface area contributed by atoms with Crippen molar-refractivity contribution in [2.45, 2.75) is 32.4 Å². The monoisotopic (exact) mass is 332 g/mol. The van der Waals surface area contributed by atoms with Gasteiger partial charge in [0, 0.05) is 12.1 Å². The van der Waals surface area contributed by atoms with E-state index < -0.39 is 17.8 Å². The van der Waals surface area contributed by atoms with Crippen LogP contribution in [0.15, 0.2) is 34.9 Å². The zero-order chi connectivity index (χ0) is 17.3. The number of ether oxygens (including phenoxy) is 1. The van der Waals surface area contributed by atoms with Gasteiger partial charge in [0.15, 0.2) is 0 Å². The first-order valence-electron chi connectivity index (χ1n) is 7.56. The summed E-state index contributed by atoms with van der Waals surface area (Å²) < 4.78 is 24.1. The van der Waals surface area contributed by atoms with Gasteiger partial charge in [-0.1, -0.05) is 0 Å². The van der Waals surface area contributed by atoms with E-state index in [1.165, 1.54) is 30.5 Å². The van der Waals surface area contributed by atoms with Gasteiger partial charge in [-0.2, -0.15) is 0 Å². The second kappa shape index (κ2) is 6.35. The molecule has 0 radical (unpaired) electrons. The fourth-order valence-electron chi connectivity index (χ4n) is 2.60. The van der Waals surface area contributed by atoms with E-state index in [0.29, 0.717) is 23.4 Å². The molecule has 0 spiro atoms. The van der Waals surface area contributed by atoms with E-state index in [4.69, 9.17) is 9.15 Å². The number of nitrogens with one attached hydrogen (secondary N) is 2. The van der Waals surface area contributed by atoms with Crippen LogP contribution in [-0.4, -0.2) is 24.0 Å². The van der Waals surface area contributed by atoms with Crippen LogP contribution in [-0.2, 0) is 9.53 Å². The van der Waals surface area contributed by atoms with Crippen LogP contribution in [0.1, 0.15) is 29.5 Å². The Morgan fingerprint density at radius 1 is 1.33 bits per heavy atom. The van der Waals surface area contributed by atoms with Gasteiger partial charge in [0.1, 0.15) is 23.7 Å². The zero-order valence-electron chi connectivity index (χ0n) is 13.3. The second-order valence-electron chi connectivity index (χ2n) is 5.72. The summed E-state index contributed by atoms with van der Waals surface area (Å²) in [6.45, 7) is 3.46. The molecule has 7 heteroatoms. The topological polar surface area (TPSA) is 80.6 Å². The molecule has 126 valence electrons. The molecule has 1 aliphatic rings. The predicted octanol–water partition coefficient (Wildman–Crippen LogP) is 3.10. The summed E-state index contributed by atoms with van der Waals surface area (Å²) in [4.78, 5) is 23.8. The van der Waals surface area contributed by atoms with Gasteiger partial charge >= 0.3 is 5.97 Å². The van der Waals surface area contributed by atoms with Crippen LogP contribution in [0.25, 0.3) is 0 Å². The fourth-order valence-corrected chi connectivity index (χ4v) is 2.60. The molecule has 6 nitrogen and oxygen atoms in total. The average molecular weight is 332 g/mol. The molecule has 1 amide bonds. The van der Waals surface area contributed by atoms with E-state index in [-0.39, 0.29) is 17.8 Å². The van der Waals surface area contributed by atoms with Crippen LogP contribution >= 0.6 is 0 Å². The highest BCUT2D eigenvalue weighted by Gasteiger charge is 2.31. The number of amides is 1. The first-order chi connectivity index (χ1) is 11.4. The number of hydrogen-bond acceptors (Lipinski definition) is 5. The third-order valence-corrected chi connectivity index (χ3v) is 3.83. The van der Waals surface area contributed by atoms with Gasteiger partial charge in [-0.25, -0.2) is 9.18 Å². The van der Waals surface area contributed by atoms with Gasteiger partial charge in [0.25, 0.3) is 5.91 Å². The summed E-state index contributed by atoms with van der Waals surface area (Å²) in [6, 6.07) is 5.21. The molecule has 1 aromatic carbocycles. The molecule has 3 rings (SSSR count). The third-order valence-electron chi connectivity index (χ3n) is 3.83. The van der Waals surface area contributed by atoms with Crippen molar-refractivity contribution in [1.82, 2.24) is 0 Å². The van der Waals surface area contributed by atoms with Gasteiger partial charge in [-0.3, -0.25) is 4.79 Å². The van der Waals surface area contributed by atoms with Crippen molar-refractivity contribution in [3.63, 3.8) is 0 Å². The molecule has 1 saturated heterocycles. The minimum Gasteiger partial charge on any atom is -0.469 e. The van der Waals surface area contributed by atoms with E-state index in [9.17, 15) is 14.0 Å². The van der Waals surface area contributed by atoms with Gasteiger partial charge in [-0.05, 0) is 38.1 Å². The molecule has 1 fully saturated rings. The number of carbonyl (C=O) groups is 2. The maximum Gasteiger partial charge on any atom is 0.328 e. The highest BCUT2D eigenvalue weighted by Crippen LogP contribution is 2.24. The molecular formula is C17H17FN2O4. The van der Waals surface area contributed by atoms with Crippen molar-refractivity contribution >= 4 is 23.3 Å². The summed E-state index contributed by atoms with van der Waals surface area (Å²) >= 11 is 0. The number of anilines is 2. The molecule has 2 heterocycles. The van der Waals surface area contributed by atoms with E-state index in [1.807, 2.05) is 6.92 Å². The Balaban J connectivity index is 1.75. The first-order valence-corrected chi connectivity index (χ1v) is 7.56. The first kappa shape index (κ1) is 16.0. The lowest BCUT2D eigenvalue weighted by molar-refractivity contribution is -0.141. The van der Waals surface area contributed by atoms with E-state index in [1.54, 1.807) is 6.92 Å². The number of hydrogen-bond donors (Lipinski definition) is 2. The summed E-state index contributed by atoms with van der Waals surface area (Å²) in [5.74, 6) is -0.931. The van der Waals surface area contributed by atoms with Crippen LogP contribution in [0.5, 0.6) is 0 Å². The molecule has 1 aromatic heterocycles. The Morgan fingerprint density at radius 3 is 2.75 bits per heavy atom. The third kappa shape index (κ3) is 3.24. The van der Waals surface area contributed by atoms with Crippen molar-refractivity contribution < 1.29 is 23.1 Å². The molecule has 0 bridgehead atoms. The van der Waals surface area contributed by atoms with Crippen molar-refractivity contribution in [2.75, 3.05) is 10.6 Å². The molecule has 0 unspecified atom stereocenters. The van der Waals surface area contributed by atoms with Crippen molar-refractivity contribution in [1.29, 1.82) is 0 Å². The van der Waals surface area contributed by atoms with E-state index >= 15 is 0 Å². The molecule has 24 heavy (non-hydrogen) atoms. The molecule has 2 atom stereocenters. The van der Waals surface area contributed by atoms with Crippen LogP contribution in [0.3, 0.4) is 0 Å². The van der Waals surface area contributed by atoms with E-state index in [2.05, 4.69) is 10.6 Å². The standard InChI is InChI=1S/C17H17FN2O4/c1-9-7-15(17(22)24-9)19-11-3-4-13(18)14(8-11)20-16(21)12-5-6-23-10(12)2/h3-6,8-9,15,19H,7H2,1-2H3,(H,20,21)/t9-,15+/m0/s1. The van der Waals surface area contributed by atoms with E-state index in [0.717, 1.165) is 0 Å². The van der Waals surface area contributed by atoms with Gasteiger partial charge in [0.05, 0.1) is 17.5 Å². The normalized spacial score (nSPS) is 19.9. The number of benzene rings is 1. The lowest BCUT2D eigenvalue weighted by Gasteiger charge is -2.13. The minimum atomic E-state index is -0.572. The quantitative estimate of drug-likeness (QED) is 0.841. The molecule has 1 aliphatic heterocycles. The van der Waals surface area contributed by atoms with Crippen molar-refractivity contribution in [3.8, 4) is 0 Å². The molecule has 2 aromatic rings. The van der Waals surface area contributed by atoms with Crippen molar-refractivity contribution in [3.05, 3.63) is 47.7 Å². The predicted molar refractivity (Wildman–Crippen MR) is 85.4 cm³/mol. The highest BCUT2D eigenvalue weighted by atomic mass is 19.1. The SMILES string of the molecule is Cc1occc1C(=O)Nc1cc(N[C@@H]2C[C@H](C)OC2=O)ccc1F. The average Bonchev–Trinajstić information content (AvgIpc) is 3.08. The zero-order valence-corrected chi connectivity index (χ0v) is 13.3. The minimum absolute atomic E-state index is 0.0185. The number of furan rings is 1. The maximum atomic E-state index is 14.0.